The van der Waals surface area contributed by atoms with Crippen LogP contribution in [0.4, 0.5) is 4.39 Å². The molecule has 3 heteroatoms. The van der Waals surface area contributed by atoms with Gasteiger partial charge in [-0.2, -0.15) is 0 Å². The van der Waals surface area contributed by atoms with E-state index in [2.05, 4.69) is 5.32 Å². The Morgan fingerprint density at radius 3 is 2.65 bits per heavy atom. The van der Waals surface area contributed by atoms with Gasteiger partial charge < -0.3 is 10.1 Å². The van der Waals surface area contributed by atoms with Gasteiger partial charge in [-0.3, -0.25) is 0 Å². The molecule has 1 aliphatic heterocycles. The Morgan fingerprint density at radius 1 is 1.35 bits per heavy atom. The van der Waals surface area contributed by atoms with Gasteiger partial charge in [-0.1, -0.05) is 6.07 Å². The van der Waals surface area contributed by atoms with Crippen LogP contribution in [0.2, 0.25) is 0 Å². The van der Waals surface area contributed by atoms with Gasteiger partial charge in [0.1, 0.15) is 5.82 Å². The molecule has 94 valence electrons. The lowest BCUT2D eigenvalue weighted by Crippen LogP contribution is -2.30. The first-order valence-corrected chi connectivity index (χ1v) is 6.23. The lowest BCUT2D eigenvalue weighted by molar-refractivity contribution is 0.0545. The zero-order valence-corrected chi connectivity index (χ0v) is 10.5. The molecule has 0 saturated carbocycles. The van der Waals surface area contributed by atoms with Crippen LogP contribution in [0.1, 0.15) is 30.0 Å². The molecule has 0 amide bonds. The third-order valence-corrected chi connectivity index (χ3v) is 3.62. The second-order valence-electron chi connectivity index (χ2n) is 4.72. The van der Waals surface area contributed by atoms with Crippen molar-refractivity contribution >= 4 is 0 Å². The molecule has 0 aliphatic carbocycles. The first-order chi connectivity index (χ1) is 8.22. The number of halogens is 1. The van der Waals surface area contributed by atoms with Crippen molar-refractivity contribution in [3.63, 3.8) is 0 Å². The summed E-state index contributed by atoms with van der Waals surface area (Å²) >= 11 is 0. The predicted molar refractivity (Wildman–Crippen MR) is 66.5 cm³/mol. The lowest BCUT2D eigenvalue weighted by Gasteiger charge is -2.31. The molecule has 1 saturated heterocycles. The van der Waals surface area contributed by atoms with Crippen molar-refractivity contribution in [3.05, 3.63) is 35.1 Å². The molecule has 1 N–H and O–H groups in total. The van der Waals surface area contributed by atoms with Crippen LogP contribution >= 0.6 is 0 Å². The molecule has 0 bridgehead atoms. The summed E-state index contributed by atoms with van der Waals surface area (Å²) in [6, 6.07) is 5.37. The van der Waals surface area contributed by atoms with Gasteiger partial charge in [0.05, 0.1) is 0 Å². The predicted octanol–water partition coefficient (Wildman–Crippen LogP) is 2.82. The standard InChI is InChI=1S/C14H20FNO/c1-10-9-12(15)3-4-13(10)14(16-2)11-5-7-17-8-6-11/h3-4,9,11,14,16H,5-8H2,1-2H3. The topological polar surface area (TPSA) is 21.3 Å². The van der Waals surface area contributed by atoms with Gasteiger partial charge in [-0.05, 0) is 56.0 Å². The molecule has 17 heavy (non-hydrogen) atoms. The monoisotopic (exact) mass is 237 g/mol. The molecule has 0 aromatic heterocycles. The quantitative estimate of drug-likeness (QED) is 0.872. The minimum Gasteiger partial charge on any atom is -0.381 e. The van der Waals surface area contributed by atoms with Crippen molar-refractivity contribution in [3.8, 4) is 0 Å². The number of hydrogen-bond acceptors (Lipinski definition) is 2. The number of hydrogen-bond donors (Lipinski definition) is 1. The van der Waals surface area contributed by atoms with Gasteiger partial charge in [0.2, 0.25) is 0 Å². The third-order valence-electron chi connectivity index (χ3n) is 3.62. The summed E-state index contributed by atoms with van der Waals surface area (Å²) in [5.74, 6) is 0.422. The van der Waals surface area contributed by atoms with Crippen molar-refractivity contribution in [2.24, 2.45) is 5.92 Å². The highest BCUT2D eigenvalue weighted by molar-refractivity contribution is 5.30. The van der Waals surface area contributed by atoms with Crippen molar-refractivity contribution < 1.29 is 9.13 Å². The maximum atomic E-state index is 13.1. The van der Waals surface area contributed by atoms with Crippen LogP contribution in [0.25, 0.3) is 0 Å². The Bertz CT molecular complexity index is 374. The van der Waals surface area contributed by atoms with Crippen molar-refractivity contribution in [2.45, 2.75) is 25.8 Å². The Labute approximate surface area is 102 Å². The fourth-order valence-electron chi connectivity index (χ4n) is 2.68. The smallest absolute Gasteiger partial charge is 0.123 e. The van der Waals surface area contributed by atoms with Crippen molar-refractivity contribution in [1.82, 2.24) is 5.32 Å². The molecule has 0 radical (unpaired) electrons. The molecule has 1 aliphatic rings. The normalized spacial score (nSPS) is 19.2. The first-order valence-electron chi connectivity index (χ1n) is 6.23. The summed E-state index contributed by atoms with van der Waals surface area (Å²) in [5.41, 5.74) is 2.23. The Morgan fingerprint density at radius 2 is 2.06 bits per heavy atom. The van der Waals surface area contributed by atoms with Crippen LogP contribution in [-0.2, 0) is 4.74 Å². The van der Waals surface area contributed by atoms with E-state index in [0.29, 0.717) is 12.0 Å². The highest BCUT2D eigenvalue weighted by Crippen LogP contribution is 2.31. The van der Waals surface area contributed by atoms with Gasteiger partial charge in [0.25, 0.3) is 0 Å². The van der Waals surface area contributed by atoms with Gasteiger partial charge in [0.15, 0.2) is 0 Å². The van der Waals surface area contributed by atoms with Crippen LogP contribution in [0.15, 0.2) is 18.2 Å². The molecule has 1 aromatic carbocycles. The maximum absolute atomic E-state index is 13.1. The Hall–Kier alpha value is -0.930. The van der Waals surface area contributed by atoms with E-state index >= 15 is 0 Å². The first kappa shape index (κ1) is 12.5. The average molecular weight is 237 g/mol. The van der Waals surface area contributed by atoms with E-state index in [0.717, 1.165) is 31.6 Å². The number of nitrogens with one attached hydrogen (secondary N) is 1. The highest BCUT2D eigenvalue weighted by atomic mass is 19.1. The van der Waals surface area contributed by atoms with Gasteiger partial charge in [0, 0.05) is 19.3 Å². The summed E-state index contributed by atoms with van der Waals surface area (Å²) in [5, 5.41) is 3.37. The van der Waals surface area contributed by atoms with E-state index in [4.69, 9.17) is 4.74 Å². The summed E-state index contributed by atoms with van der Waals surface area (Å²) in [6.07, 6.45) is 2.14. The molecule has 0 spiro atoms. The fourth-order valence-corrected chi connectivity index (χ4v) is 2.68. The molecule has 2 rings (SSSR count). The molecule has 1 fully saturated rings. The average Bonchev–Trinajstić information content (AvgIpc) is 2.34. The molecule has 1 heterocycles. The minimum atomic E-state index is -0.159. The lowest BCUT2D eigenvalue weighted by atomic mass is 9.85. The van der Waals surface area contributed by atoms with Gasteiger partial charge in [-0.25, -0.2) is 4.39 Å². The minimum absolute atomic E-state index is 0.159. The van der Waals surface area contributed by atoms with E-state index < -0.39 is 0 Å². The van der Waals surface area contributed by atoms with Crippen LogP contribution in [0.5, 0.6) is 0 Å². The zero-order chi connectivity index (χ0) is 12.3. The summed E-state index contributed by atoms with van der Waals surface area (Å²) in [6.45, 7) is 3.65. The van der Waals surface area contributed by atoms with Crippen LogP contribution in [-0.4, -0.2) is 20.3 Å². The molecule has 1 atom stereocenters. The molecule has 1 aromatic rings. The summed E-state index contributed by atoms with van der Waals surface area (Å²) in [7, 11) is 1.98. The van der Waals surface area contributed by atoms with Crippen LogP contribution in [0.3, 0.4) is 0 Å². The Balaban J connectivity index is 2.21. The molecule has 2 nitrogen and oxygen atoms in total. The second kappa shape index (κ2) is 5.61. The number of aryl methyl sites for hydroxylation is 1. The largest absolute Gasteiger partial charge is 0.381 e. The van der Waals surface area contributed by atoms with E-state index in [9.17, 15) is 4.39 Å². The number of benzene rings is 1. The zero-order valence-electron chi connectivity index (χ0n) is 10.5. The van der Waals surface area contributed by atoms with E-state index in [-0.39, 0.29) is 5.82 Å². The van der Waals surface area contributed by atoms with E-state index in [1.54, 1.807) is 12.1 Å². The molecular weight excluding hydrogens is 217 g/mol. The second-order valence-corrected chi connectivity index (χ2v) is 4.72. The van der Waals surface area contributed by atoms with Crippen LogP contribution < -0.4 is 5.32 Å². The van der Waals surface area contributed by atoms with E-state index in [1.807, 2.05) is 20.0 Å². The van der Waals surface area contributed by atoms with Crippen LogP contribution in [0, 0.1) is 18.7 Å². The SMILES string of the molecule is CNC(c1ccc(F)cc1C)C1CCOCC1. The summed E-state index contributed by atoms with van der Waals surface area (Å²) < 4.78 is 18.5. The third kappa shape index (κ3) is 2.85. The molecule has 1 unspecified atom stereocenters. The highest BCUT2D eigenvalue weighted by Gasteiger charge is 2.25. The number of ether oxygens (including phenoxy) is 1. The van der Waals surface area contributed by atoms with Gasteiger partial charge >= 0.3 is 0 Å². The van der Waals surface area contributed by atoms with Crippen molar-refractivity contribution in [2.75, 3.05) is 20.3 Å². The van der Waals surface area contributed by atoms with E-state index in [1.165, 1.54) is 5.56 Å². The van der Waals surface area contributed by atoms with Crippen molar-refractivity contribution in [1.29, 1.82) is 0 Å². The maximum Gasteiger partial charge on any atom is 0.123 e. The fraction of sp³-hybridized carbons (Fsp3) is 0.571. The van der Waals surface area contributed by atoms with Gasteiger partial charge in [-0.15, -0.1) is 0 Å². The Kier molecular flexibility index (Phi) is 4.13. The number of rotatable bonds is 3. The molecular formula is C14H20FNO. The summed E-state index contributed by atoms with van der Waals surface area (Å²) in [4.78, 5) is 0.